The van der Waals surface area contributed by atoms with Crippen molar-refractivity contribution in [3.05, 3.63) is 71.6 Å². The van der Waals surface area contributed by atoms with Gasteiger partial charge in [0.2, 0.25) is 0 Å². The van der Waals surface area contributed by atoms with Crippen molar-refractivity contribution >= 4 is 116 Å². The van der Waals surface area contributed by atoms with E-state index < -0.39 is 16.1 Å². The molecule has 1 aromatic carbocycles. The summed E-state index contributed by atoms with van der Waals surface area (Å²) in [5.74, 6) is 0.798. The lowest BCUT2D eigenvalue weighted by Crippen LogP contribution is -2.22. The molecule has 0 spiro atoms. The van der Waals surface area contributed by atoms with Gasteiger partial charge in [0.1, 0.15) is 30.5 Å². The molecule has 7 nitrogen and oxygen atoms in total. The number of ether oxygens (including phenoxy) is 3. The second-order valence-electron chi connectivity index (χ2n) is 13.6. The van der Waals surface area contributed by atoms with Gasteiger partial charge < -0.3 is 23.3 Å². The summed E-state index contributed by atoms with van der Waals surface area (Å²) >= 11 is 22.1. The molecule has 4 heterocycles. The van der Waals surface area contributed by atoms with Crippen LogP contribution in [0.1, 0.15) is 0 Å². The molecule has 5 aromatic rings. The number of hydrogen-bond acceptors (Lipinski definition) is 5. The summed E-state index contributed by atoms with van der Waals surface area (Å²) < 4.78 is 24.0. The van der Waals surface area contributed by atoms with Crippen molar-refractivity contribution in [3.63, 3.8) is 0 Å². The highest BCUT2D eigenvalue weighted by molar-refractivity contribution is 14.1. The van der Waals surface area contributed by atoms with Crippen molar-refractivity contribution in [2.75, 3.05) is 20.3 Å². The standard InChI is InChI=1S/C20H24BrClN2O2Si.C13H17BrClIN2OSi/c1-25-17-8-6-5-7-14(17)15-12-24(13-26-9-10-27(2,3)4)20-18(15)19(22)16(21)11-23-20;1-20(2,3)5-4-19-8-18-7-10(16)11-12(15)9(14)6-17-13(11)18/h5-8,11-12H,9-10,13H2,1-4H3;6-7H,4-5,8H2,1-3H3. The van der Waals surface area contributed by atoms with E-state index >= 15 is 0 Å². The number of hydrogen-bond donors (Lipinski definition) is 0. The molecule has 0 fully saturated rings. The number of para-hydroxylation sites is 1. The van der Waals surface area contributed by atoms with Crippen molar-refractivity contribution < 1.29 is 14.2 Å². The van der Waals surface area contributed by atoms with Crippen LogP contribution < -0.4 is 4.74 Å². The summed E-state index contributed by atoms with van der Waals surface area (Å²) in [5.41, 5.74) is 3.63. The summed E-state index contributed by atoms with van der Waals surface area (Å²) in [6.45, 7) is 16.6. The first-order chi connectivity index (χ1) is 22.1. The van der Waals surface area contributed by atoms with E-state index in [-0.39, 0.29) is 0 Å². The largest absolute Gasteiger partial charge is 0.496 e. The number of methoxy groups -OCH3 is 1. The maximum atomic E-state index is 6.63. The molecule has 5 rings (SSSR count). The molecule has 14 heteroatoms. The molecule has 0 amide bonds. The van der Waals surface area contributed by atoms with Crippen molar-refractivity contribution in [1.29, 1.82) is 0 Å². The highest BCUT2D eigenvalue weighted by atomic mass is 127. The van der Waals surface area contributed by atoms with Gasteiger partial charge in [0.15, 0.2) is 0 Å². The molecule has 0 saturated carbocycles. The maximum Gasteiger partial charge on any atom is 0.144 e. The molecule has 4 aromatic heterocycles. The fourth-order valence-electron chi connectivity index (χ4n) is 4.69. The molecule has 0 aliphatic heterocycles. The van der Waals surface area contributed by atoms with E-state index in [9.17, 15) is 0 Å². The van der Waals surface area contributed by atoms with Crippen LogP contribution >= 0.6 is 77.7 Å². The molecule has 0 unspecified atom stereocenters. The van der Waals surface area contributed by atoms with E-state index in [0.29, 0.717) is 23.5 Å². The van der Waals surface area contributed by atoms with E-state index in [1.165, 1.54) is 6.04 Å². The number of nitrogens with zero attached hydrogens (tertiary/aromatic N) is 4. The minimum Gasteiger partial charge on any atom is -0.496 e. The van der Waals surface area contributed by atoms with Crippen molar-refractivity contribution in [1.82, 2.24) is 19.1 Å². The van der Waals surface area contributed by atoms with Gasteiger partial charge in [-0.25, -0.2) is 9.97 Å². The molecular weight excluding hydrogens is 914 g/mol. The van der Waals surface area contributed by atoms with Gasteiger partial charge in [-0.05, 0) is 72.6 Å². The van der Waals surface area contributed by atoms with Crippen LogP contribution in [0.4, 0.5) is 0 Å². The van der Waals surface area contributed by atoms with Crippen molar-refractivity contribution in [3.8, 4) is 16.9 Å². The first-order valence-electron chi connectivity index (χ1n) is 15.2. The van der Waals surface area contributed by atoms with Crippen LogP contribution in [-0.4, -0.2) is 55.6 Å². The first-order valence-corrected chi connectivity index (χ1v) is 26.0. The lowest BCUT2D eigenvalue weighted by molar-refractivity contribution is 0.0897. The Bertz CT molecular complexity index is 1840. The Morgan fingerprint density at radius 2 is 1.23 bits per heavy atom. The molecule has 0 N–H and O–H groups in total. The third kappa shape index (κ3) is 10.3. The first kappa shape index (κ1) is 38.8. The van der Waals surface area contributed by atoms with E-state index in [4.69, 9.17) is 37.4 Å². The van der Waals surface area contributed by atoms with Gasteiger partial charge in [-0.1, -0.05) is 80.7 Å². The lowest BCUT2D eigenvalue weighted by atomic mass is 10.0. The Hall–Kier alpha value is -0.976. The number of aromatic nitrogens is 4. The summed E-state index contributed by atoms with van der Waals surface area (Å²) in [6.07, 6.45) is 7.54. The zero-order valence-electron chi connectivity index (χ0n) is 27.8. The molecule has 254 valence electrons. The Labute approximate surface area is 320 Å². The Balaban J connectivity index is 0.000000223. The molecule has 0 bridgehead atoms. The lowest BCUT2D eigenvalue weighted by Gasteiger charge is -2.15. The molecular formula is C33H41Br2Cl2IN4O3Si2. The summed E-state index contributed by atoms with van der Waals surface area (Å²) in [5, 5.41) is 3.22. The van der Waals surface area contributed by atoms with E-state index in [2.05, 4.69) is 104 Å². The highest BCUT2D eigenvalue weighted by Crippen LogP contribution is 2.41. The number of pyridine rings is 2. The summed E-state index contributed by atoms with van der Waals surface area (Å²) in [7, 11) is -0.484. The Morgan fingerprint density at radius 1 is 0.745 bits per heavy atom. The SMILES string of the molecule is COc1ccccc1-c1cn(COCC[Si](C)(C)C)c2ncc(Br)c(Cl)c12.C[Si](C)(C)CCOCn1cc(I)c2c(Cl)c(Br)cnc21. The monoisotopic (exact) mass is 952 g/mol. The molecule has 47 heavy (non-hydrogen) atoms. The molecule has 0 aliphatic rings. The smallest absolute Gasteiger partial charge is 0.144 e. The fourth-order valence-corrected chi connectivity index (χ4v) is 8.29. The van der Waals surface area contributed by atoms with Crippen LogP contribution in [0, 0.1) is 3.57 Å². The van der Waals surface area contributed by atoms with Crippen LogP contribution in [0.25, 0.3) is 33.2 Å². The van der Waals surface area contributed by atoms with Gasteiger partial charge in [0.25, 0.3) is 0 Å². The average Bonchev–Trinajstić information content (AvgIpc) is 3.54. The minimum absolute atomic E-state index is 0.446. The molecule has 0 aliphatic carbocycles. The normalized spacial score (nSPS) is 12.1. The maximum absolute atomic E-state index is 6.63. The average molecular weight is 956 g/mol. The number of halogens is 5. The van der Waals surface area contributed by atoms with Crippen LogP contribution in [0.2, 0.25) is 61.4 Å². The highest BCUT2D eigenvalue weighted by Gasteiger charge is 2.20. The predicted molar refractivity (Wildman–Crippen MR) is 218 cm³/mol. The van der Waals surface area contributed by atoms with E-state index in [1.807, 2.05) is 45.8 Å². The van der Waals surface area contributed by atoms with Crippen LogP contribution in [0.5, 0.6) is 5.75 Å². The van der Waals surface area contributed by atoms with Crippen molar-refractivity contribution in [2.24, 2.45) is 0 Å². The zero-order chi connectivity index (χ0) is 34.5. The predicted octanol–water partition coefficient (Wildman–Crippen LogP) is 11.8. The zero-order valence-corrected chi connectivity index (χ0v) is 36.6. The Kier molecular flexibility index (Phi) is 13.9. The molecule has 0 radical (unpaired) electrons. The number of benzene rings is 1. The summed E-state index contributed by atoms with van der Waals surface area (Å²) in [4.78, 5) is 9.04. The fraction of sp³-hybridized carbons (Fsp3) is 0.394. The van der Waals surface area contributed by atoms with E-state index in [1.54, 1.807) is 19.5 Å². The Morgan fingerprint density at radius 3 is 1.77 bits per heavy atom. The van der Waals surface area contributed by atoms with Gasteiger partial charge in [0, 0.05) is 74.2 Å². The molecule has 0 saturated heterocycles. The van der Waals surface area contributed by atoms with Gasteiger partial charge in [-0.3, -0.25) is 0 Å². The third-order valence-corrected chi connectivity index (χ3v) is 14.0. The van der Waals surface area contributed by atoms with Gasteiger partial charge in [-0.15, -0.1) is 0 Å². The quantitative estimate of drug-likeness (QED) is 0.0708. The summed E-state index contributed by atoms with van der Waals surface area (Å²) in [6, 6.07) is 10.2. The topological polar surface area (TPSA) is 63.3 Å². The van der Waals surface area contributed by atoms with Crippen LogP contribution in [0.3, 0.4) is 0 Å². The van der Waals surface area contributed by atoms with Crippen molar-refractivity contribution in [2.45, 2.75) is 64.8 Å². The van der Waals surface area contributed by atoms with Gasteiger partial charge in [0.05, 0.1) is 31.5 Å². The number of rotatable bonds is 12. The number of fused-ring (bicyclic) bond motifs is 2. The van der Waals surface area contributed by atoms with Crippen LogP contribution in [-0.2, 0) is 22.9 Å². The van der Waals surface area contributed by atoms with E-state index in [0.717, 1.165) is 70.7 Å². The third-order valence-electron chi connectivity index (χ3n) is 7.36. The van der Waals surface area contributed by atoms with Gasteiger partial charge >= 0.3 is 0 Å². The van der Waals surface area contributed by atoms with Crippen LogP contribution in [0.15, 0.2) is 58.0 Å². The second-order valence-corrected chi connectivity index (χ2v) is 28.5. The van der Waals surface area contributed by atoms with Gasteiger partial charge in [-0.2, -0.15) is 0 Å². The minimum atomic E-state index is -1.12. The molecule has 0 atom stereocenters. The second kappa shape index (κ2) is 16.8.